The highest BCUT2D eigenvalue weighted by Crippen LogP contribution is 2.22. The fourth-order valence-corrected chi connectivity index (χ4v) is 3.71. The van der Waals surface area contributed by atoms with Crippen LogP contribution in [0.3, 0.4) is 0 Å². The van der Waals surface area contributed by atoms with Gasteiger partial charge in [0.05, 0.1) is 23.6 Å². The van der Waals surface area contributed by atoms with E-state index in [0.717, 1.165) is 0 Å². The summed E-state index contributed by atoms with van der Waals surface area (Å²) in [6.45, 7) is 4.20. The minimum Gasteiger partial charge on any atom is -0.320 e. The summed E-state index contributed by atoms with van der Waals surface area (Å²) in [5.74, 6) is -0.309. The van der Waals surface area contributed by atoms with Crippen LogP contribution < -0.4 is 11.2 Å². The number of hydrogen-bond acceptors (Lipinski definition) is 3. The molecule has 2 aromatic carbocycles. The Kier molecular flexibility index (Phi) is 5.30. The van der Waals surface area contributed by atoms with Crippen molar-refractivity contribution in [2.24, 2.45) is 5.92 Å². The van der Waals surface area contributed by atoms with E-state index in [0.29, 0.717) is 16.3 Å². The minimum atomic E-state index is -0.509. The summed E-state index contributed by atoms with van der Waals surface area (Å²) >= 11 is 6.36. The van der Waals surface area contributed by atoms with Crippen LogP contribution in [0.2, 0.25) is 5.02 Å². The van der Waals surface area contributed by atoms with Crippen molar-refractivity contribution in [1.82, 2.24) is 18.7 Å². The third kappa shape index (κ3) is 3.45. The Balaban J connectivity index is 2.04. The molecule has 0 saturated carbocycles. The number of aromatic nitrogens is 4. The van der Waals surface area contributed by atoms with Crippen molar-refractivity contribution in [2.45, 2.75) is 26.9 Å². The van der Waals surface area contributed by atoms with Gasteiger partial charge in [0, 0.05) is 12.1 Å². The van der Waals surface area contributed by atoms with Crippen molar-refractivity contribution < 1.29 is 4.39 Å². The van der Waals surface area contributed by atoms with Gasteiger partial charge in [0.25, 0.3) is 5.56 Å². The summed E-state index contributed by atoms with van der Waals surface area (Å²) in [5.41, 5.74) is 0.295. The molecular weight excluding hydrogens is 407 g/mol. The van der Waals surface area contributed by atoms with Gasteiger partial charge in [0.1, 0.15) is 5.82 Å². The predicted molar refractivity (Wildman–Crippen MR) is 115 cm³/mol. The van der Waals surface area contributed by atoms with E-state index in [1.807, 2.05) is 13.8 Å². The van der Waals surface area contributed by atoms with E-state index in [-0.39, 0.29) is 36.0 Å². The maximum absolute atomic E-state index is 14.2. The van der Waals surface area contributed by atoms with Crippen LogP contribution in [0.5, 0.6) is 0 Å². The number of nitrogens with zero attached hydrogens (tertiary/aromatic N) is 4. The van der Waals surface area contributed by atoms with Crippen molar-refractivity contribution in [2.75, 3.05) is 0 Å². The van der Waals surface area contributed by atoms with E-state index in [1.54, 1.807) is 47.0 Å². The van der Waals surface area contributed by atoms with Gasteiger partial charge >= 0.3 is 5.69 Å². The van der Waals surface area contributed by atoms with Crippen molar-refractivity contribution in [1.29, 1.82) is 0 Å². The van der Waals surface area contributed by atoms with Crippen molar-refractivity contribution in [3.63, 3.8) is 0 Å². The standard InChI is InChI=1S/C22H20ClFN4O2/c1-14(2)11-27-21(29)19-20(28(22(27)30)18-10-6-4-8-16(18)23)25-13-26(19)12-15-7-3-5-9-17(15)24/h3-10,13-14H,11-12H2,1-2H3. The number of hydrogen-bond donors (Lipinski definition) is 0. The Morgan fingerprint density at radius 2 is 1.77 bits per heavy atom. The summed E-state index contributed by atoms with van der Waals surface area (Å²) in [6, 6.07) is 13.2. The first kappa shape index (κ1) is 20.1. The molecular formula is C22H20ClFN4O2. The monoisotopic (exact) mass is 426 g/mol. The van der Waals surface area contributed by atoms with Crippen molar-refractivity contribution in [3.8, 4) is 5.69 Å². The molecule has 0 aliphatic heterocycles. The zero-order valence-corrected chi connectivity index (χ0v) is 17.3. The summed E-state index contributed by atoms with van der Waals surface area (Å²) < 4.78 is 18.3. The van der Waals surface area contributed by atoms with Crippen LogP contribution in [0, 0.1) is 11.7 Å². The first-order valence-electron chi connectivity index (χ1n) is 9.57. The lowest BCUT2D eigenvalue weighted by atomic mass is 10.2. The molecule has 0 aliphatic carbocycles. The van der Waals surface area contributed by atoms with Gasteiger partial charge in [-0.2, -0.15) is 0 Å². The predicted octanol–water partition coefficient (Wildman–Crippen LogP) is 3.85. The molecule has 0 spiro atoms. The summed E-state index contributed by atoms with van der Waals surface area (Å²) in [7, 11) is 0. The maximum Gasteiger partial charge on any atom is 0.337 e. The van der Waals surface area contributed by atoms with Crippen LogP contribution >= 0.6 is 11.6 Å². The minimum absolute atomic E-state index is 0.0653. The Labute approximate surface area is 176 Å². The van der Waals surface area contributed by atoms with Crippen molar-refractivity contribution >= 4 is 22.8 Å². The van der Waals surface area contributed by atoms with E-state index in [4.69, 9.17) is 11.6 Å². The Hall–Kier alpha value is -3.19. The van der Waals surface area contributed by atoms with Gasteiger partial charge in [-0.05, 0) is 24.1 Å². The van der Waals surface area contributed by atoms with E-state index in [1.165, 1.54) is 21.5 Å². The van der Waals surface area contributed by atoms with E-state index in [2.05, 4.69) is 4.98 Å². The van der Waals surface area contributed by atoms with E-state index < -0.39 is 11.2 Å². The van der Waals surface area contributed by atoms with Gasteiger partial charge in [-0.25, -0.2) is 18.7 Å². The fraction of sp³-hybridized carbons (Fsp3) is 0.227. The lowest BCUT2D eigenvalue weighted by Crippen LogP contribution is -2.41. The van der Waals surface area contributed by atoms with Gasteiger partial charge in [-0.15, -0.1) is 0 Å². The molecule has 30 heavy (non-hydrogen) atoms. The number of para-hydroxylation sites is 1. The molecule has 4 rings (SSSR count). The van der Waals surface area contributed by atoms with Gasteiger partial charge in [0.15, 0.2) is 11.2 Å². The van der Waals surface area contributed by atoms with Crippen LogP contribution in [0.15, 0.2) is 64.4 Å². The summed E-state index contributed by atoms with van der Waals surface area (Å²) in [5, 5.41) is 0.360. The van der Waals surface area contributed by atoms with Crippen LogP contribution in [0.1, 0.15) is 19.4 Å². The first-order valence-corrected chi connectivity index (χ1v) is 9.95. The molecule has 0 fully saturated rings. The Bertz CT molecular complexity index is 1350. The molecule has 6 nitrogen and oxygen atoms in total. The number of halogens is 2. The third-order valence-electron chi connectivity index (χ3n) is 4.84. The topological polar surface area (TPSA) is 61.8 Å². The normalized spacial score (nSPS) is 11.5. The molecule has 2 aromatic heterocycles. The molecule has 0 amide bonds. The molecule has 4 aromatic rings. The maximum atomic E-state index is 14.2. The molecule has 0 bridgehead atoms. The second kappa shape index (κ2) is 7.91. The average Bonchev–Trinajstić information content (AvgIpc) is 3.12. The third-order valence-corrected chi connectivity index (χ3v) is 5.16. The van der Waals surface area contributed by atoms with Crippen LogP contribution in [0.25, 0.3) is 16.9 Å². The van der Waals surface area contributed by atoms with Crippen molar-refractivity contribution in [3.05, 3.63) is 92.1 Å². The van der Waals surface area contributed by atoms with Gasteiger partial charge in [-0.3, -0.25) is 9.36 Å². The molecule has 8 heteroatoms. The zero-order chi connectivity index (χ0) is 21.4. The lowest BCUT2D eigenvalue weighted by Gasteiger charge is -2.15. The van der Waals surface area contributed by atoms with Crippen LogP contribution in [-0.4, -0.2) is 18.7 Å². The molecule has 0 N–H and O–H groups in total. The molecule has 0 radical (unpaired) electrons. The summed E-state index contributed by atoms with van der Waals surface area (Å²) in [4.78, 5) is 30.9. The number of benzene rings is 2. The van der Waals surface area contributed by atoms with E-state index >= 15 is 0 Å². The number of fused-ring (bicyclic) bond motifs is 1. The quantitative estimate of drug-likeness (QED) is 0.487. The first-order chi connectivity index (χ1) is 14.4. The molecule has 0 atom stereocenters. The SMILES string of the molecule is CC(C)Cn1c(=O)c2c(ncn2Cc2ccccc2F)n(-c2ccccc2Cl)c1=O. The lowest BCUT2D eigenvalue weighted by molar-refractivity contribution is 0.489. The highest BCUT2D eigenvalue weighted by atomic mass is 35.5. The average molecular weight is 427 g/mol. The Morgan fingerprint density at radius 1 is 1.07 bits per heavy atom. The number of imidazole rings is 1. The molecule has 154 valence electrons. The second-order valence-corrected chi connectivity index (χ2v) is 7.92. The van der Waals surface area contributed by atoms with Gasteiger partial charge in [0.2, 0.25) is 0 Å². The van der Waals surface area contributed by atoms with Crippen LogP contribution in [0.4, 0.5) is 4.39 Å². The molecule has 0 unspecified atom stereocenters. The number of rotatable bonds is 5. The highest BCUT2D eigenvalue weighted by molar-refractivity contribution is 6.32. The fourth-order valence-electron chi connectivity index (χ4n) is 3.49. The summed E-state index contributed by atoms with van der Waals surface area (Å²) in [6.07, 6.45) is 1.45. The molecule has 2 heterocycles. The largest absolute Gasteiger partial charge is 0.337 e. The van der Waals surface area contributed by atoms with Gasteiger partial charge < -0.3 is 4.57 Å². The highest BCUT2D eigenvalue weighted by Gasteiger charge is 2.21. The smallest absolute Gasteiger partial charge is 0.320 e. The molecule has 0 aliphatic rings. The Morgan fingerprint density at radius 3 is 2.47 bits per heavy atom. The van der Waals surface area contributed by atoms with Gasteiger partial charge in [-0.1, -0.05) is 55.8 Å². The van der Waals surface area contributed by atoms with E-state index in [9.17, 15) is 14.0 Å². The zero-order valence-electron chi connectivity index (χ0n) is 16.5. The second-order valence-electron chi connectivity index (χ2n) is 7.52. The molecule has 0 saturated heterocycles. The van der Waals surface area contributed by atoms with Crippen LogP contribution in [-0.2, 0) is 13.1 Å².